The minimum Gasteiger partial charge on any atom is -0.462 e. The van der Waals surface area contributed by atoms with Crippen LogP contribution in [0, 0.1) is 56.2 Å². The minimum atomic E-state index is -0.949. The second-order valence-corrected chi connectivity index (χ2v) is 19.9. The van der Waals surface area contributed by atoms with E-state index in [0.29, 0.717) is 36.5 Å². The normalized spacial score (nSPS) is 39.9. The van der Waals surface area contributed by atoms with E-state index in [9.17, 15) is 14.4 Å². The molecule has 6 nitrogen and oxygen atoms in total. The molecule has 0 saturated heterocycles. The topological polar surface area (TPSA) is 95.7 Å². The van der Waals surface area contributed by atoms with Crippen molar-refractivity contribution in [3.63, 3.8) is 0 Å². The molecule has 266 valence electrons. The summed E-state index contributed by atoms with van der Waals surface area (Å²) in [6, 6.07) is 0. The van der Waals surface area contributed by atoms with E-state index < -0.39 is 11.0 Å². The first-order valence-corrected chi connectivity index (χ1v) is 18.9. The van der Waals surface area contributed by atoms with Crippen LogP contribution in [0.25, 0.3) is 0 Å². The zero-order chi connectivity index (χ0) is 35.2. The number of ketones is 1. The maximum Gasteiger partial charge on any atom is 0.312 e. The lowest BCUT2D eigenvalue weighted by Gasteiger charge is -2.72. The highest BCUT2D eigenvalue weighted by atomic mass is 16.6. The van der Waals surface area contributed by atoms with E-state index in [1.165, 1.54) is 24.8 Å². The SMILES string of the molecule is CC(C)C1=C2[C@H]3CC[C@@H]4[C@@]5(C)CC[C@H](OC(=O)CC(C)(C)C(=O)OC(C)(C)C)C(C)(C)[C@@H]5CC[C@@]4(C)[C@]3(C)CC[C@@]2(CCN)CC1=O. The van der Waals surface area contributed by atoms with Gasteiger partial charge in [0.25, 0.3) is 0 Å². The van der Waals surface area contributed by atoms with Crippen LogP contribution in [0.2, 0.25) is 0 Å². The van der Waals surface area contributed by atoms with Crippen LogP contribution in [-0.4, -0.2) is 36.0 Å². The fourth-order valence-electron chi connectivity index (χ4n) is 12.6. The summed E-state index contributed by atoms with van der Waals surface area (Å²) in [4.78, 5) is 39.9. The smallest absolute Gasteiger partial charge is 0.312 e. The molecular formula is C41H67NO5. The van der Waals surface area contributed by atoms with Gasteiger partial charge in [0.1, 0.15) is 11.7 Å². The Morgan fingerprint density at radius 1 is 0.872 bits per heavy atom. The molecule has 4 saturated carbocycles. The highest BCUT2D eigenvalue weighted by Gasteiger charge is 2.70. The molecule has 0 aromatic carbocycles. The van der Waals surface area contributed by atoms with Gasteiger partial charge in [0.05, 0.1) is 11.8 Å². The van der Waals surface area contributed by atoms with Gasteiger partial charge >= 0.3 is 11.9 Å². The zero-order valence-corrected chi connectivity index (χ0v) is 32.0. The van der Waals surface area contributed by atoms with E-state index in [-0.39, 0.29) is 57.5 Å². The molecule has 0 amide bonds. The Morgan fingerprint density at radius 2 is 1.53 bits per heavy atom. The van der Waals surface area contributed by atoms with E-state index in [1.807, 2.05) is 20.8 Å². The Bertz CT molecular complexity index is 1320. The summed E-state index contributed by atoms with van der Waals surface area (Å²) in [6.45, 7) is 26.6. The van der Waals surface area contributed by atoms with Gasteiger partial charge in [0.2, 0.25) is 0 Å². The summed E-state index contributed by atoms with van der Waals surface area (Å²) >= 11 is 0. The first-order chi connectivity index (χ1) is 21.5. The predicted octanol–water partition coefficient (Wildman–Crippen LogP) is 8.99. The highest BCUT2D eigenvalue weighted by molar-refractivity contribution is 6.00. The minimum absolute atomic E-state index is 0.0131. The lowest BCUT2D eigenvalue weighted by atomic mass is 9.33. The van der Waals surface area contributed by atoms with Gasteiger partial charge in [-0.15, -0.1) is 0 Å². The number of nitrogens with two attached hydrogens (primary N) is 1. The molecule has 5 aliphatic rings. The van der Waals surface area contributed by atoms with Crippen LogP contribution < -0.4 is 5.73 Å². The molecule has 0 aliphatic heterocycles. The number of rotatable bonds is 7. The number of carbonyl (C=O) groups excluding carboxylic acids is 3. The number of hydrogen-bond donors (Lipinski definition) is 1. The monoisotopic (exact) mass is 654 g/mol. The molecule has 0 bridgehead atoms. The lowest BCUT2D eigenvalue weighted by Crippen LogP contribution is -2.65. The second kappa shape index (κ2) is 11.7. The van der Waals surface area contributed by atoms with E-state index in [0.717, 1.165) is 44.1 Å². The van der Waals surface area contributed by atoms with Crippen LogP contribution in [0.5, 0.6) is 0 Å². The van der Waals surface area contributed by atoms with Crippen molar-refractivity contribution in [2.75, 3.05) is 6.54 Å². The number of carbonyl (C=O) groups is 3. The number of Topliss-reactive ketones (excluding diaryl/α,β-unsaturated/α-hetero) is 1. The maximum absolute atomic E-state index is 13.6. The van der Waals surface area contributed by atoms with E-state index in [1.54, 1.807) is 13.8 Å². The van der Waals surface area contributed by atoms with Crippen molar-refractivity contribution in [2.24, 2.45) is 61.9 Å². The average molecular weight is 654 g/mol. The van der Waals surface area contributed by atoms with Crippen molar-refractivity contribution in [1.82, 2.24) is 0 Å². The summed E-state index contributed by atoms with van der Waals surface area (Å²) in [5.74, 6) is 1.45. The van der Waals surface area contributed by atoms with Crippen molar-refractivity contribution in [1.29, 1.82) is 0 Å². The van der Waals surface area contributed by atoms with Gasteiger partial charge in [-0.2, -0.15) is 0 Å². The molecule has 0 aromatic heterocycles. The molecule has 4 fully saturated rings. The largest absolute Gasteiger partial charge is 0.462 e. The van der Waals surface area contributed by atoms with Crippen LogP contribution in [0.1, 0.15) is 154 Å². The third-order valence-electron chi connectivity index (χ3n) is 14.9. The van der Waals surface area contributed by atoms with Gasteiger partial charge in [0.15, 0.2) is 5.78 Å². The van der Waals surface area contributed by atoms with Crippen LogP contribution in [0.15, 0.2) is 11.1 Å². The lowest BCUT2D eigenvalue weighted by molar-refractivity contribution is -0.233. The van der Waals surface area contributed by atoms with Crippen molar-refractivity contribution in [2.45, 2.75) is 165 Å². The predicted molar refractivity (Wildman–Crippen MR) is 187 cm³/mol. The van der Waals surface area contributed by atoms with Crippen molar-refractivity contribution in [3.8, 4) is 0 Å². The molecular weight excluding hydrogens is 586 g/mol. The van der Waals surface area contributed by atoms with Crippen LogP contribution >= 0.6 is 0 Å². The Balaban J connectivity index is 1.39. The first-order valence-electron chi connectivity index (χ1n) is 18.9. The quantitative estimate of drug-likeness (QED) is 0.276. The van der Waals surface area contributed by atoms with Gasteiger partial charge in [-0.3, -0.25) is 14.4 Å². The van der Waals surface area contributed by atoms with Gasteiger partial charge in [-0.1, -0.05) is 54.0 Å². The van der Waals surface area contributed by atoms with Crippen molar-refractivity contribution in [3.05, 3.63) is 11.1 Å². The van der Waals surface area contributed by atoms with E-state index in [2.05, 4.69) is 48.5 Å². The molecule has 0 heterocycles. The van der Waals surface area contributed by atoms with Crippen LogP contribution in [0.3, 0.4) is 0 Å². The Labute approximate surface area is 286 Å². The van der Waals surface area contributed by atoms with E-state index >= 15 is 0 Å². The second-order valence-electron chi connectivity index (χ2n) is 19.9. The summed E-state index contributed by atoms with van der Waals surface area (Å²) in [5.41, 5.74) is 7.63. The molecule has 0 spiro atoms. The fraction of sp³-hybridized carbons (Fsp3) is 0.878. The number of fused-ring (bicyclic) bond motifs is 7. The first kappa shape index (κ1) is 36.6. The third kappa shape index (κ3) is 5.67. The summed E-state index contributed by atoms with van der Waals surface area (Å²) in [7, 11) is 0. The molecule has 5 rings (SSSR count). The summed E-state index contributed by atoms with van der Waals surface area (Å²) < 4.78 is 11.9. The Hall–Kier alpha value is -1.69. The number of ether oxygens (including phenoxy) is 2. The standard InChI is InChI=1S/C41H67NO5/c1-25(2)32-27(43)23-41(21-22-42)20-19-39(11)26(33(32)41)13-14-29-38(10)17-16-30(37(8,9)28(38)15-18-40(29,39)12)46-31(44)24-36(6,7)34(45)47-35(3,4)5/h25-26,28-30H,13-24,42H2,1-12H3/t26-,28+,29-,30+,38+,39-,40-,41-/m1/s1. The van der Waals surface area contributed by atoms with Crippen molar-refractivity contribution >= 4 is 17.7 Å². The van der Waals surface area contributed by atoms with Gasteiger partial charge in [-0.25, -0.2) is 0 Å². The Kier molecular flexibility index (Phi) is 9.10. The summed E-state index contributed by atoms with van der Waals surface area (Å²) in [5, 5.41) is 0. The molecule has 2 N–H and O–H groups in total. The summed E-state index contributed by atoms with van der Waals surface area (Å²) in [6.07, 6.45) is 10.2. The number of allylic oxidation sites excluding steroid dienone is 2. The molecule has 5 aliphatic carbocycles. The Morgan fingerprint density at radius 3 is 2.13 bits per heavy atom. The van der Waals surface area contributed by atoms with Gasteiger partial charge in [0, 0.05) is 17.3 Å². The molecule has 0 radical (unpaired) electrons. The fourth-order valence-corrected chi connectivity index (χ4v) is 12.6. The van der Waals surface area contributed by atoms with E-state index in [4.69, 9.17) is 15.2 Å². The molecule has 8 atom stereocenters. The molecule has 47 heavy (non-hydrogen) atoms. The number of hydrogen-bond acceptors (Lipinski definition) is 6. The van der Waals surface area contributed by atoms with Crippen LogP contribution in [0.4, 0.5) is 0 Å². The average Bonchev–Trinajstić information content (AvgIpc) is 3.21. The molecule has 0 aromatic rings. The molecule has 6 heteroatoms. The maximum atomic E-state index is 13.6. The zero-order valence-electron chi connectivity index (χ0n) is 32.0. The number of esters is 2. The van der Waals surface area contributed by atoms with Crippen molar-refractivity contribution < 1.29 is 23.9 Å². The molecule has 0 unspecified atom stereocenters. The van der Waals surface area contributed by atoms with Crippen LogP contribution in [-0.2, 0) is 23.9 Å². The van der Waals surface area contributed by atoms with Gasteiger partial charge < -0.3 is 15.2 Å². The van der Waals surface area contributed by atoms with Gasteiger partial charge in [-0.05, 0) is 144 Å². The highest BCUT2D eigenvalue weighted by Crippen LogP contribution is 2.77. The third-order valence-corrected chi connectivity index (χ3v) is 14.9.